The zero-order chi connectivity index (χ0) is 12.8. The molecule has 0 radical (unpaired) electrons. The van der Waals surface area contributed by atoms with Gasteiger partial charge in [-0.15, -0.1) is 0 Å². The Balaban J connectivity index is 4.26. The molecule has 0 aromatic rings. The van der Waals surface area contributed by atoms with Crippen LogP contribution in [0.25, 0.3) is 0 Å². The number of carbonyl (C=O) groups is 1. The zero-order valence-corrected chi connectivity index (χ0v) is 10.6. The second-order valence-electron chi connectivity index (χ2n) is 4.76. The van der Waals surface area contributed by atoms with Crippen LogP contribution in [0.15, 0.2) is 0 Å². The van der Waals surface area contributed by atoms with Crippen LogP contribution in [0.3, 0.4) is 0 Å². The lowest BCUT2D eigenvalue weighted by Crippen LogP contribution is -2.48. The van der Waals surface area contributed by atoms with Gasteiger partial charge >= 0.3 is 5.97 Å². The van der Waals surface area contributed by atoms with Crippen molar-refractivity contribution in [3.05, 3.63) is 0 Å². The Bertz CT molecular complexity index is 213. The van der Waals surface area contributed by atoms with E-state index in [4.69, 9.17) is 9.84 Å². The average Bonchev–Trinajstić information content (AvgIpc) is 2.11. The molecular formula is C11H23NO4. The highest BCUT2D eigenvalue weighted by Gasteiger charge is 2.25. The second-order valence-corrected chi connectivity index (χ2v) is 4.76. The molecule has 1 atom stereocenters. The highest BCUT2D eigenvalue weighted by molar-refractivity contribution is 5.69. The van der Waals surface area contributed by atoms with Crippen LogP contribution in [0.5, 0.6) is 0 Å². The van der Waals surface area contributed by atoms with E-state index in [1.807, 2.05) is 27.7 Å². The smallest absolute Gasteiger partial charge is 0.317 e. The number of β-amino-alcohol motifs (C(OH)–C–C–N with tert-alkyl or cyclic N) is 1. The van der Waals surface area contributed by atoms with Crippen molar-refractivity contribution in [1.29, 1.82) is 0 Å². The monoisotopic (exact) mass is 233 g/mol. The van der Waals surface area contributed by atoms with Gasteiger partial charge in [-0.1, -0.05) is 0 Å². The maximum absolute atomic E-state index is 10.7. The van der Waals surface area contributed by atoms with E-state index in [2.05, 4.69) is 0 Å². The van der Waals surface area contributed by atoms with E-state index >= 15 is 0 Å². The van der Waals surface area contributed by atoms with Crippen LogP contribution in [-0.4, -0.2) is 59.0 Å². The summed E-state index contributed by atoms with van der Waals surface area (Å²) in [5.41, 5.74) is -0.286. The standard InChI is InChI=1S/C11H23NO4/c1-5-16-8-9(13)6-12(7-10(14)15)11(2,3)4/h9,13H,5-8H2,1-4H3,(H,14,15). The lowest BCUT2D eigenvalue weighted by Gasteiger charge is -2.35. The molecule has 0 fully saturated rings. The first-order valence-corrected chi connectivity index (χ1v) is 5.50. The Morgan fingerprint density at radius 1 is 1.44 bits per heavy atom. The molecule has 0 amide bonds. The summed E-state index contributed by atoms with van der Waals surface area (Å²) in [5.74, 6) is -0.890. The van der Waals surface area contributed by atoms with Gasteiger partial charge in [0.25, 0.3) is 0 Å². The van der Waals surface area contributed by atoms with Gasteiger partial charge in [-0.2, -0.15) is 0 Å². The van der Waals surface area contributed by atoms with Gasteiger partial charge in [0.2, 0.25) is 0 Å². The van der Waals surface area contributed by atoms with Gasteiger partial charge < -0.3 is 14.9 Å². The van der Waals surface area contributed by atoms with Crippen molar-refractivity contribution in [2.75, 3.05) is 26.3 Å². The summed E-state index contributed by atoms with van der Waals surface area (Å²) >= 11 is 0. The molecule has 5 nitrogen and oxygen atoms in total. The third-order valence-electron chi connectivity index (χ3n) is 2.22. The minimum absolute atomic E-state index is 0.0767. The predicted octanol–water partition coefficient (Wildman–Crippen LogP) is 0.569. The summed E-state index contributed by atoms with van der Waals surface area (Å²) in [7, 11) is 0. The normalized spacial score (nSPS) is 14.1. The molecule has 0 saturated heterocycles. The molecule has 16 heavy (non-hydrogen) atoms. The fourth-order valence-corrected chi connectivity index (χ4v) is 1.30. The fraction of sp³-hybridized carbons (Fsp3) is 0.909. The molecular weight excluding hydrogens is 210 g/mol. The zero-order valence-electron chi connectivity index (χ0n) is 10.6. The number of aliphatic carboxylic acids is 1. The summed E-state index contributed by atoms with van der Waals surface area (Å²) in [6.45, 7) is 8.62. The number of hydrogen-bond donors (Lipinski definition) is 2. The maximum atomic E-state index is 10.7. The van der Waals surface area contributed by atoms with E-state index in [9.17, 15) is 9.90 Å². The van der Waals surface area contributed by atoms with Crippen LogP contribution in [0.1, 0.15) is 27.7 Å². The van der Waals surface area contributed by atoms with Crippen molar-refractivity contribution in [1.82, 2.24) is 4.90 Å². The van der Waals surface area contributed by atoms with E-state index in [1.54, 1.807) is 4.90 Å². The highest BCUT2D eigenvalue weighted by atomic mass is 16.5. The fourth-order valence-electron chi connectivity index (χ4n) is 1.30. The first-order valence-electron chi connectivity index (χ1n) is 5.50. The number of aliphatic hydroxyl groups excluding tert-OH is 1. The topological polar surface area (TPSA) is 70.0 Å². The number of rotatable bonds is 7. The maximum Gasteiger partial charge on any atom is 0.317 e. The minimum atomic E-state index is -0.890. The molecule has 0 aliphatic carbocycles. The van der Waals surface area contributed by atoms with E-state index < -0.39 is 12.1 Å². The Hall–Kier alpha value is -0.650. The molecule has 0 aromatic carbocycles. The Labute approximate surface area is 97.0 Å². The van der Waals surface area contributed by atoms with Crippen molar-refractivity contribution in [3.8, 4) is 0 Å². The van der Waals surface area contributed by atoms with Crippen molar-refractivity contribution in [2.45, 2.75) is 39.3 Å². The van der Waals surface area contributed by atoms with E-state index in [0.29, 0.717) is 13.2 Å². The number of carboxylic acid groups (broad SMARTS) is 1. The van der Waals surface area contributed by atoms with E-state index in [-0.39, 0.29) is 18.7 Å². The van der Waals surface area contributed by atoms with Crippen molar-refractivity contribution in [3.63, 3.8) is 0 Å². The summed E-state index contributed by atoms with van der Waals surface area (Å²) in [6, 6.07) is 0. The van der Waals surface area contributed by atoms with Crippen LogP contribution in [0, 0.1) is 0 Å². The minimum Gasteiger partial charge on any atom is -0.480 e. The van der Waals surface area contributed by atoms with Crippen molar-refractivity contribution in [2.24, 2.45) is 0 Å². The summed E-state index contributed by atoms with van der Waals surface area (Å²) in [4.78, 5) is 12.4. The predicted molar refractivity (Wildman–Crippen MR) is 61.5 cm³/mol. The molecule has 0 bridgehead atoms. The number of nitrogens with zero attached hydrogens (tertiary/aromatic N) is 1. The molecule has 0 aliphatic rings. The van der Waals surface area contributed by atoms with Gasteiger partial charge in [0.05, 0.1) is 19.3 Å². The lowest BCUT2D eigenvalue weighted by atomic mass is 10.1. The van der Waals surface area contributed by atoms with Crippen molar-refractivity contribution >= 4 is 5.97 Å². The quantitative estimate of drug-likeness (QED) is 0.672. The van der Waals surface area contributed by atoms with Crippen LogP contribution in [0.2, 0.25) is 0 Å². The molecule has 0 rings (SSSR count). The lowest BCUT2D eigenvalue weighted by molar-refractivity contribution is -0.140. The third-order valence-corrected chi connectivity index (χ3v) is 2.22. The highest BCUT2D eigenvalue weighted by Crippen LogP contribution is 2.13. The Kier molecular flexibility index (Phi) is 6.55. The Morgan fingerprint density at radius 3 is 2.38 bits per heavy atom. The third kappa shape index (κ3) is 6.76. The number of hydrogen-bond acceptors (Lipinski definition) is 4. The molecule has 1 unspecified atom stereocenters. The Morgan fingerprint density at radius 2 is 2.00 bits per heavy atom. The summed E-state index contributed by atoms with van der Waals surface area (Å²) < 4.78 is 5.09. The molecule has 0 heterocycles. The van der Waals surface area contributed by atoms with Crippen LogP contribution >= 0.6 is 0 Å². The average molecular weight is 233 g/mol. The molecule has 0 saturated carbocycles. The van der Waals surface area contributed by atoms with E-state index in [1.165, 1.54) is 0 Å². The van der Waals surface area contributed by atoms with Gasteiger partial charge in [0.15, 0.2) is 0 Å². The number of ether oxygens (including phenoxy) is 1. The number of carboxylic acids is 1. The van der Waals surface area contributed by atoms with Gasteiger partial charge in [0, 0.05) is 18.7 Å². The largest absolute Gasteiger partial charge is 0.480 e. The number of aliphatic hydroxyl groups is 1. The molecule has 2 N–H and O–H groups in total. The molecule has 5 heteroatoms. The molecule has 96 valence electrons. The van der Waals surface area contributed by atoms with Gasteiger partial charge in [0.1, 0.15) is 0 Å². The van der Waals surface area contributed by atoms with Crippen molar-refractivity contribution < 1.29 is 19.7 Å². The summed E-state index contributed by atoms with van der Waals surface area (Å²) in [5, 5.41) is 18.4. The summed E-state index contributed by atoms with van der Waals surface area (Å²) in [6.07, 6.45) is -0.654. The van der Waals surface area contributed by atoms with Gasteiger partial charge in [-0.25, -0.2) is 0 Å². The van der Waals surface area contributed by atoms with Crippen LogP contribution < -0.4 is 0 Å². The second kappa shape index (κ2) is 6.83. The van der Waals surface area contributed by atoms with Crippen LogP contribution in [-0.2, 0) is 9.53 Å². The molecule has 0 aliphatic heterocycles. The van der Waals surface area contributed by atoms with Crippen LogP contribution in [0.4, 0.5) is 0 Å². The molecule has 0 aromatic heterocycles. The first-order chi connectivity index (χ1) is 7.27. The van der Waals surface area contributed by atoms with Gasteiger partial charge in [-0.3, -0.25) is 9.69 Å². The van der Waals surface area contributed by atoms with E-state index in [0.717, 1.165) is 0 Å². The SMILES string of the molecule is CCOCC(O)CN(CC(=O)O)C(C)(C)C. The molecule has 0 spiro atoms. The van der Waals surface area contributed by atoms with Gasteiger partial charge in [-0.05, 0) is 27.7 Å². The first kappa shape index (κ1) is 15.3.